The molecule has 0 spiro atoms. The van der Waals surface area contributed by atoms with Crippen molar-refractivity contribution in [2.45, 2.75) is 19.4 Å². The van der Waals surface area contributed by atoms with E-state index in [9.17, 15) is 4.79 Å². The highest BCUT2D eigenvalue weighted by molar-refractivity contribution is 5.83. The Morgan fingerprint density at radius 2 is 1.94 bits per heavy atom. The first-order valence-electron chi connectivity index (χ1n) is 10.6. The summed E-state index contributed by atoms with van der Waals surface area (Å²) >= 11 is 0. The fourth-order valence-electron chi connectivity index (χ4n) is 4.63. The lowest BCUT2D eigenvalue weighted by atomic mass is 9.96. The first-order chi connectivity index (χ1) is 15.1. The lowest BCUT2D eigenvalue weighted by Gasteiger charge is -2.16. The van der Waals surface area contributed by atoms with Crippen LogP contribution in [-0.4, -0.2) is 46.6 Å². The van der Waals surface area contributed by atoms with Gasteiger partial charge in [-0.15, -0.1) is 0 Å². The summed E-state index contributed by atoms with van der Waals surface area (Å²) < 4.78 is 9.34. The van der Waals surface area contributed by atoms with Crippen LogP contribution in [0.4, 0.5) is 0 Å². The third kappa shape index (κ3) is 3.24. The molecule has 0 fully saturated rings. The van der Waals surface area contributed by atoms with Crippen LogP contribution in [0.25, 0.3) is 28.0 Å². The van der Waals surface area contributed by atoms with Crippen molar-refractivity contribution >= 4 is 5.65 Å². The largest absolute Gasteiger partial charge is 0.497 e. The molecule has 0 saturated heterocycles. The first-order valence-corrected chi connectivity index (χ1v) is 10.6. The van der Waals surface area contributed by atoms with Gasteiger partial charge in [-0.3, -0.25) is 9.20 Å². The zero-order valence-electron chi connectivity index (χ0n) is 18.1. The van der Waals surface area contributed by atoms with E-state index in [1.165, 1.54) is 11.1 Å². The summed E-state index contributed by atoms with van der Waals surface area (Å²) in [6, 6.07) is 14.5. The topological polar surface area (TPSA) is 51.8 Å². The second kappa shape index (κ2) is 7.71. The predicted molar refractivity (Wildman–Crippen MR) is 123 cm³/mol. The maximum absolute atomic E-state index is 13.3. The van der Waals surface area contributed by atoms with E-state index in [0.717, 1.165) is 47.7 Å². The second-order valence-electron chi connectivity index (χ2n) is 8.27. The van der Waals surface area contributed by atoms with Gasteiger partial charge in [-0.1, -0.05) is 30.3 Å². The SMILES string of the molecule is COc1cccc(-c2cccc3c2Cc2c-3n(CCCN(C)C)c(=O)c3nccn23)c1. The fourth-order valence-corrected chi connectivity index (χ4v) is 4.63. The van der Waals surface area contributed by atoms with Gasteiger partial charge in [0.15, 0.2) is 0 Å². The van der Waals surface area contributed by atoms with Crippen molar-refractivity contribution in [3.05, 3.63) is 76.5 Å². The molecule has 0 saturated carbocycles. The van der Waals surface area contributed by atoms with E-state index in [2.05, 4.69) is 54.3 Å². The highest BCUT2D eigenvalue weighted by Crippen LogP contribution is 2.41. The van der Waals surface area contributed by atoms with E-state index in [0.29, 0.717) is 12.2 Å². The Labute approximate surface area is 181 Å². The maximum atomic E-state index is 13.3. The summed E-state index contributed by atoms with van der Waals surface area (Å²) in [4.78, 5) is 19.8. The number of nitrogens with zero attached hydrogens (tertiary/aromatic N) is 4. The van der Waals surface area contributed by atoms with Crippen LogP contribution in [-0.2, 0) is 13.0 Å². The Balaban J connectivity index is 1.70. The molecule has 31 heavy (non-hydrogen) atoms. The number of hydrogen-bond acceptors (Lipinski definition) is 4. The summed E-state index contributed by atoms with van der Waals surface area (Å²) in [5.41, 5.74) is 7.29. The number of aromatic nitrogens is 3. The van der Waals surface area contributed by atoms with Crippen LogP contribution >= 0.6 is 0 Å². The van der Waals surface area contributed by atoms with Crippen molar-refractivity contribution in [3.8, 4) is 28.1 Å². The van der Waals surface area contributed by atoms with Gasteiger partial charge in [0.1, 0.15) is 5.75 Å². The molecule has 6 heteroatoms. The summed E-state index contributed by atoms with van der Waals surface area (Å²) in [7, 11) is 5.80. The van der Waals surface area contributed by atoms with Crippen LogP contribution in [0.5, 0.6) is 5.75 Å². The molecule has 6 nitrogen and oxygen atoms in total. The van der Waals surface area contributed by atoms with Crippen molar-refractivity contribution in [2.75, 3.05) is 27.7 Å². The molecule has 0 bridgehead atoms. The lowest BCUT2D eigenvalue weighted by molar-refractivity contribution is 0.385. The number of methoxy groups -OCH3 is 1. The normalized spacial score (nSPS) is 12.4. The molecular weight excluding hydrogens is 388 g/mol. The van der Waals surface area contributed by atoms with Crippen LogP contribution in [0, 0.1) is 0 Å². The molecule has 2 heterocycles. The van der Waals surface area contributed by atoms with Crippen LogP contribution < -0.4 is 10.3 Å². The van der Waals surface area contributed by atoms with Crippen molar-refractivity contribution in [2.24, 2.45) is 0 Å². The van der Waals surface area contributed by atoms with E-state index < -0.39 is 0 Å². The maximum Gasteiger partial charge on any atom is 0.294 e. The van der Waals surface area contributed by atoms with Gasteiger partial charge in [-0.2, -0.15) is 0 Å². The molecule has 0 atom stereocenters. The van der Waals surface area contributed by atoms with Crippen LogP contribution in [0.3, 0.4) is 0 Å². The molecule has 0 amide bonds. The molecule has 0 N–H and O–H groups in total. The van der Waals surface area contributed by atoms with Gasteiger partial charge in [-0.25, -0.2) is 4.98 Å². The summed E-state index contributed by atoms with van der Waals surface area (Å²) in [6.45, 7) is 1.60. The monoisotopic (exact) mass is 414 g/mol. The van der Waals surface area contributed by atoms with Crippen molar-refractivity contribution in [1.29, 1.82) is 0 Å². The molecule has 0 aliphatic heterocycles. The molecule has 0 radical (unpaired) electrons. The third-order valence-electron chi connectivity index (χ3n) is 6.05. The van der Waals surface area contributed by atoms with Crippen LogP contribution in [0.2, 0.25) is 0 Å². The minimum atomic E-state index is -0.0258. The van der Waals surface area contributed by atoms with Crippen molar-refractivity contribution < 1.29 is 4.74 Å². The minimum Gasteiger partial charge on any atom is -0.497 e. The van der Waals surface area contributed by atoms with E-state index in [4.69, 9.17) is 4.74 Å². The van der Waals surface area contributed by atoms with E-state index in [-0.39, 0.29) is 5.56 Å². The lowest BCUT2D eigenvalue weighted by Crippen LogP contribution is -2.27. The molecular formula is C25H26N4O2. The zero-order valence-corrected chi connectivity index (χ0v) is 18.1. The Bertz CT molecular complexity index is 1330. The number of benzene rings is 2. The highest BCUT2D eigenvalue weighted by Gasteiger charge is 2.28. The smallest absolute Gasteiger partial charge is 0.294 e. The van der Waals surface area contributed by atoms with Gasteiger partial charge in [0, 0.05) is 30.9 Å². The average molecular weight is 415 g/mol. The van der Waals surface area contributed by atoms with E-state index in [1.54, 1.807) is 13.3 Å². The van der Waals surface area contributed by atoms with Crippen LogP contribution in [0.1, 0.15) is 17.7 Å². The molecule has 4 aromatic rings. The van der Waals surface area contributed by atoms with Crippen molar-refractivity contribution in [1.82, 2.24) is 18.9 Å². The molecule has 158 valence electrons. The predicted octanol–water partition coefficient (Wildman–Crippen LogP) is 3.69. The van der Waals surface area contributed by atoms with Gasteiger partial charge in [0.2, 0.25) is 5.65 Å². The first kappa shape index (κ1) is 19.6. The number of rotatable bonds is 6. The van der Waals surface area contributed by atoms with Crippen LogP contribution in [0.15, 0.2) is 59.7 Å². The Hall–Kier alpha value is -3.38. The third-order valence-corrected chi connectivity index (χ3v) is 6.05. The van der Waals surface area contributed by atoms with Gasteiger partial charge in [0.25, 0.3) is 5.56 Å². The fraction of sp³-hybridized carbons (Fsp3) is 0.280. The Morgan fingerprint density at radius 3 is 2.74 bits per heavy atom. The quantitative estimate of drug-likeness (QED) is 0.425. The summed E-state index contributed by atoms with van der Waals surface area (Å²) in [5.74, 6) is 0.836. The number of hydrogen-bond donors (Lipinski definition) is 0. The minimum absolute atomic E-state index is 0.0258. The van der Waals surface area contributed by atoms with Gasteiger partial charge in [0.05, 0.1) is 18.5 Å². The Kier molecular flexibility index (Phi) is 4.87. The molecule has 0 unspecified atom stereocenters. The Morgan fingerprint density at radius 1 is 1.13 bits per heavy atom. The summed E-state index contributed by atoms with van der Waals surface area (Å²) in [6.07, 6.45) is 5.28. The molecule has 1 aliphatic rings. The summed E-state index contributed by atoms with van der Waals surface area (Å²) in [5, 5.41) is 0. The number of ether oxygens (including phenoxy) is 1. The zero-order chi connectivity index (χ0) is 21.5. The molecule has 2 aromatic heterocycles. The van der Waals surface area contributed by atoms with Crippen molar-refractivity contribution in [3.63, 3.8) is 0 Å². The molecule has 2 aromatic carbocycles. The second-order valence-corrected chi connectivity index (χ2v) is 8.27. The van der Waals surface area contributed by atoms with Gasteiger partial charge < -0.3 is 14.2 Å². The number of imidazole rings is 1. The number of fused-ring (bicyclic) bond motifs is 5. The van der Waals surface area contributed by atoms with Gasteiger partial charge >= 0.3 is 0 Å². The standard InChI is InChI=1S/C25H26N4O2/c1-27(2)12-6-13-29-23-20-10-5-9-19(17-7-4-8-18(15-17)31-3)21(20)16-22(23)28-14-11-26-24(28)25(29)30/h4-5,7-11,14-15H,6,12-13,16H2,1-3H3. The highest BCUT2D eigenvalue weighted by atomic mass is 16.5. The molecule has 1 aliphatic carbocycles. The van der Waals surface area contributed by atoms with E-state index in [1.807, 2.05) is 27.3 Å². The van der Waals surface area contributed by atoms with Gasteiger partial charge in [-0.05, 0) is 55.9 Å². The average Bonchev–Trinajstić information content (AvgIpc) is 3.41. The molecule has 5 rings (SSSR count). The van der Waals surface area contributed by atoms with E-state index >= 15 is 0 Å².